The van der Waals surface area contributed by atoms with Crippen LogP contribution in [0.3, 0.4) is 0 Å². The van der Waals surface area contributed by atoms with Crippen LogP contribution in [0.1, 0.15) is 46.0 Å². The molecule has 0 aromatic carbocycles. The fourth-order valence-corrected chi connectivity index (χ4v) is 2.22. The standard InChI is InChI=1S/C12H24N2O/c1-3-8-13-12(15)14-9-11-7-5-4-6-10(11)2/h10-11H,3-9H2,1-2H3,(H2,13,14,15). The summed E-state index contributed by atoms with van der Waals surface area (Å²) in [6, 6.07) is -0.00498. The average Bonchev–Trinajstić information content (AvgIpc) is 2.25. The van der Waals surface area contributed by atoms with Gasteiger partial charge in [-0.1, -0.05) is 33.1 Å². The maximum Gasteiger partial charge on any atom is 0.314 e. The first kappa shape index (κ1) is 12.3. The lowest BCUT2D eigenvalue weighted by Gasteiger charge is -2.28. The molecule has 2 atom stereocenters. The summed E-state index contributed by atoms with van der Waals surface area (Å²) in [5.74, 6) is 1.45. The maximum atomic E-state index is 11.3. The molecule has 0 aromatic heterocycles. The number of hydrogen-bond acceptors (Lipinski definition) is 1. The van der Waals surface area contributed by atoms with Crippen LogP contribution in [-0.4, -0.2) is 19.1 Å². The normalized spacial score (nSPS) is 26.0. The van der Waals surface area contributed by atoms with Crippen LogP contribution in [0.5, 0.6) is 0 Å². The highest BCUT2D eigenvalue weighted by Gasteiger charge is 2.21. The number of carbonyl (C=O) groups is 1. The Morgan fingerprint density at radius 1 is 1.27 bits per heavy atom. The molecular formula is C12H24N2O. The van der Waals surface area contributed by atoms with Crippen molar-refractivity contribution in [3.63, 3.8) is 0 Å². The predicted octanol–water partition coefficient (Wildman–Crippen LogP) is 2.52. The lowest BCUT2D eigenvalue weighted by molar-refractivity contribution is 0.223. The highest BCUT2D eigenvalue weighted by molar-refractivity contribution is 5.73. The molecule has 0 aliphatic heterocycles. The molecule has 2 N–H and O–H groups in total. The minimum absolute atomic E-state index is 0.00498. The number of urea groups is 1. The Hall–Kier alpha value is -0.730. The predicted molar refractivity (Wildman–Crippen MR) is 62.8 cm³/mol. The molecule has 3 nitrogen and oxygen atoms in total. The summed E-state index contributed by atoms with van der Waals surface area (Å²) in [6.45, 7) is 5.97. The molecule has 2 unspecified atom stereocenters. The molecule has 3 heteroatoms. The SMILES string of the molecule is CCCNC(=O)NCC1CCCCC1C. The van der Waals surface area contributed by atoms with E-state index in [2.05, 4.69) is 24.5 Å². The molecule has 2 amide bonds. The van der Waals surface area contributed by atoms with Crippen molar-refractivity contribution in [2.75, 3.05) is 13.1 Å². The summed E-state index contributed by atoms with van der Waals surface area (Å²) in [5, 5.41) is 5.80. The maximum absolute atomic E-state index is 11.3. The van der Waals surface area contributed by atoms with E-state index in [1.165, 1.54) is 25.7 Å². The highest BCUT2D eigenvalue weighted by atomic mass is 16.2. The summed E-state index contributed by atoms with van der Waals surface area (Å²) in [5.41, 5.74) is 0. The molecule has 1 fully saturated rings. The zero-order chi connectivity index (χ0) is 11.1. The minimum atomic E-state index is -0.00498. The van der Waals surface area contributed by atoms with Gasteiger partial charge in [-0.25, -0.2) is 4.79 Å². The molecule has 0 aromatic rings. The summed E-state index contributed by atoms with van der Waals surface area (Å²) < 4.78 is 0. The third-order valence-corrected chi connectivity index (χ3v) is 3.35. The lowest BCUT2D eigenvalue weighted by Crippen LogP contribution is -2.40. The van der Waals surface area contributed by atoms with Crippen LogP contribution in [0.15, 0.2) is 0 Å². The molecule has 0 spiro atoms. The first-order valence-corrected chi connectivity index (χ1v) is 6.25. The van der Waals surface area contributed by atoms with E-state index in [0.29, 0.717) is 5.92 Å². The van der Waals surface area contributed by atoms with Crippen molar-refractivity contribution in [3.05, 3.63) is 0 Å². The van der Waals surface area contributed by atoms with Crippen molar-refractivity contribution < 1.29 is 4.79 Å². The smallest absolute Gasteiger partial charge is 0.314 e. The van der Waals surface area contributed by atoms with Crippen molar-refractivity contribution in [2.45, 2.75) is 46.0 Å². The molecular weight excluding hydrogens is 188 g/mol. The number of hydrogen-bond donors (Lipinski definition) is 2. The van der Waals surface area contributed by atoms with Crippen LogP contribution in [-0.2, 0) is 0 Å². The third kappa shape index (κ3) is 4.54. The van der Waals surface area contributed by atoms with Gasteiger partial charge in [0, 0.05) is 13.1 Å². The Bertz CT molecular complexity index is 194. The van der Waals surface area contributed by atoms with Crippen LogP contribution < -0.4 is 10.6 Å². The van der Waals surface area contributed by atoms with Gasteiger partial charge in [-0.05, 0) is 24.7 Å². The molecule has 0 bridgehead atoms. The quantitative estimate of drug-likeness (QED) is 0.738. The number of carbonyl (C=O) groups excluding carboxylic acids is 1. The highest BCUT2D eigenvalue weighted by Crippen LogP contribution is 2.28. The van der Waals surface area contributed by atoms with Crippen molar-refractivity contribution >= 4 is 6.03 Å². The van der Waals surface area contributed by atoms with E-state index in [0.717, 1.165) is 25.4 Å². The van der Waals surface area contributed by atoms with E-state index in [1.807, 2.05) is 0 Å². The topological polar surface area (TPSA) is 41.1 Å². The molecule has 0 saturated heterocycles. The van der Waals surface area contributed by atoms with Gasteiger partial charge in [0.15, 0.2) is 0 Å². The Kier molecular flexibility index (Phi) is 5.51. The van der Waals surface area contributed by atoms with Gasteiger partial charge >= 0.3 is 6.03 Å². The van der Waals surface area contributed by atoms with E-state index < -0.39 is 0 Å². The van der Waals surface area contributed by atoms with E-state index in [4.69, 9.17) is 0 Å². The van der Waals surface area contributed by atoms with Gasteiger partial charge in [0.1, 0.15) is 0 Å². The Balaban J connectivity index is 2.14. The van der Waals surface area contributed by atoms with Crippen LogP contribution in [0, 0.1) is 11.8 Å². The van der Waals surface area contributed by atoms with Crippen molar-refractivity contribution in [2.24, 2.45) is 11.8 Å². The zero-order valence-electron chi connectivity index (χ0n) is 10.0. The molecule has 0 radical (unpaired) electrons. The van der Waals surface area contributed by atoms with Gasteiger partial charge in [0.2, 0.25) is 0 Å². The van der Waals surface area contributed by atoms with E-state index in [-0.39, 0.29) is 6.03 Å². The lowest BCUT2D eigenvalue weighted by atomic mass is 9.80. The van der Waals surface area contributed by atoms with Gasteiger partial charge < -0.3 is 10.6 Å². The van der Waals surface area contributed by atoms with Crippen molar-refractivity contribution in [3.8, 4) is 0 Å². The fourth-order valence-electron chi connectivity index (χ4n) is 2.22. The second-order valence-corrected chi connectivity index (χ2v) is 4.66. The number of amides is 2. The Labute approximate surface area is 93.0 Å². The van der Waals surface area contributed by atoms with E-state index >= 15 is 0 Å². The van der Waals surface area contributed by atoms with Crippen LogP contribution in [0.2, 0.25) is 0 Å². The molecule has 1 aliphatic rings. The largest absolute Gasteiger partial charge is 0.338 e. The second-order valence-electron chi connectivity index (χ2n) is 4.66. The summed E-state index contributed by atoms with van der Waals surface area (Å²) in [4.78, 5) is 11.3. The van der Waals surface area contributed by atoms with E-state index in [1.54, 1.807) is 0 Å². The minimum Gasteiger partial charge on any atom is -0.338 e. The second kappa shape index (κ2) is 6.70. The van der Waals surface area contributed by atoms with Gasteiger partial charge in [0.25, 0.3) is 0 Å². The number of rotatable bonds is 4. The van der Waals surface area contributed by atoms with Crippen molar-refractivity contribution in [1.82, 2.24) is 10.6 Å². The Morgan fingerprint density at radius 3 is 2.67 bits per heavy atom. The average molecular weight is 212 g/mol. The van der Waals surface area contributed by atoms with Gasteiger partial charge in [-0.3, -0.25) is 0 Å². The first-order chi connectivity index (χ1) is 7.24. The Morgan fingerprint density at radius 2 is 2.00 bits per heavy atom. The van der Waals surface area contributed by atoms with Crippen LogP contribution in [0.4, 0.5) is 4.79 Å². The molecule has 15 heavy (non-hydrogen) atoms. The summed E-state index contributed by atoms with van der Waals surface area (Å²) in [7, 11) is 0. The van der Waals surface area contributed by atoms with Crippen LogP contribution in [0.25, 0.3) is 0 Å². The van der Waals surface area contributed by atoms with E-state index in [9.17, 15) is 4.79 Å². The summed E-state index contributed by atoms with van der Waals surface area (Å²) >= 11 is 0. The van der Waals surface area contributed by atoms with Gasteiger partial charge in [-0.15, -0.1) is 0 Å². The van der Waals surface area contributed by atoms with Gasteiger partial charge in [-0.2, -0.15) is 0 Å². The number of nitrogens with one attached hydrogen (secondary N) is 2. The van der Waals surface area contributed by atoms with Gasteiger partial charge in [0.05, 0.1) is 0 Å². The molecule has 1 saturated carbocycles. The monoisotopic (exact) mass is 212 g/mol. The molecule has 1 rings (SSSR count). The fraction of sp³-hybridized carbons (Fsp3) is 0.917. The first-order valence-electron chi connectivity index (χ1n) is 6.25. The third-order valence-electron chi connectivity index (χ3n) is 3.35. The zero-order valence-corrected chi connectivity index (χ0v) is 10.0. The molecule has 0 heterocycles. The summed E-state index contributed by atoms with van der Waals surface area (Å²) in [6.07, 6.45) is 6.28. The van der Waals surface area contributed by atoms with Crippen LogP contribution >= 0.6 is 0 Å². The molecule has 88 valence electrons. The van der Waals surface area contributed by atoms with Crippen molar-refractivity contribution in [1.29, 1.82) is 0 Å². The molecule has 1 aliphatic carbocycles.